The summed E-state index contributed by atoms with van der Waals surface area (Å²) in [4.78, 5) is 31.3. The van der Waals surface area contributed by atoms with E-state index in [2.05, 4.69) is 33.4 Å². The third kappa shape index (κ3) is 3.94. The Morgan fingerprint density at radius 1 is 1.23 bits per heavy atom. The van der Waals surface area contributed by atoms with Crippen molar-refractivity contribution in [1.82, 2.24) is 9.88 Å². The zero-order chi connectivity index (χ0) is 21.1. The quantitative estimate of drug-likeness (QED) is 0.657. The average Bonchev–Trinajstić information content (AvgIpc) is 3.10. The number of carboxylic acid groups (broad SMARTS) is 1. The fourth-order valence-corrected chi connectivity index (χ4v) is 4.80. The number of nitrogens with one attached hydrogen (secondary N) is 1. The minimum Gasteiger partial charge on any atom is -0.478 e. The van der Waals surface area contributed by atoms with Gasteiger partial charge in [-0.1, -0.05) is 30.3 Å². The van der Waals surface area contributed by atoms with Crippen LogP contribution in [0.1, 0.15) is 42.4 Å². The summed E-state index contributed by atoms with van der Waals surface area (Å²) in [5, 5.41) is 22.1. The lowest BCUT2D eigenvalue weighted by atomic mass is 10.0. The van der Waals surface area contributed by atoms with Crippen LogP contribution in [0.4, 0.5) is 5.00 Å². The second-order valence-corrected chi connectivity index (χ2v) is 8.03. The first-order chi connectivity index (χ1) is 14.6. The van der Waals surface area contributed by atoms with Gasteiger partial charge in [-0.05, 0) is 29.7 Å². The standard InChI is InChI=1S/C22H18N4O3S/c23-11-17-15-8-10-26(12-14-5-2-1-3-6-14)13-18(15)30-21(17)25-20(27)19-16(22(28)29)7-4-9-24-19/h1-7,9H,8,10,12-13H2,(H,25,27)(H,28,29). The summed E-state index contributed by atoms with van der Waals surface area (Å²) in [6.45, 7) is 2.34. The van der Waals surface area contributed by atoms with Crippen LogP contribution in [0.25, 0.3) is 0 Å². The lowest BCUT2D eigenvalue weighted by Crippen LogP contribution is -2.29. The van der Waals surface area contributed by atoms with Crippen LogP contribution in [0.2, 0.25) is 0 Å². The number of hydrogen-bond acceptors (Lipinski definition) is 6. The zero-order valence-corrected chi connectivity index (χ0v) is 16.8. The van der Waals surface area contributed by atoms with E-state index in [0.29, 0.717) is 17.1 Å². The SMILES string of the molecule is N#Cc1c(NC(=O)c2ncccc2C(=O)O)sc2c1CCN(Cc1ccccc1)C2. The summed E-state index contributed by atoms with van der Waals surface area (Å²) in [5.74, 6) is -1.86. The fraction of sp³-hybridized carbons (Fsp3) is 0.182. The molecule has 4 rings (SSSR count). The number of benzene rings is 1. The normalized spacial score (nSPS) is 13.3. The van der Waals surface area contributed by atoms with Crippen LogP contribution < -0.4 is 5.32 Å². The molecule has 0 radical (unpaired) electrons. The number of nitriles is 1. The van der Waals surface area contributed by atoms with E-state index in [1.54, 1.807) is 0 Å². The van der Waals surface area contributed by atoms with Crippen LogP contribution in [0.15, 0.2) is 48.7 Å². The molecule has 0 bridgehead atoms. The maximum Gasteiger partial charge on any atom is 0.338 e. The predicted molar refractivity (Wildman–Crippen MR) is 112 cm³/mol. The number of nitrogens with zero attached hydrogens (tertiary/aromatic N) is 3. The number of hydrogen-bond donors (Lipinski definition) is 2. The number of carbonyl (C=O) groups is 2. The smallest absolute Gasteiger partial charge is 0.338 e. The predicted octanol–water partition coefficient (Wildman–Crippen LogP) is 3.52. The van der Waals surface area contributed by atoms with Gasteiger partial charge in [0.25, 0.3) is 5.91 Å². The number of aromatic nitrogens is 1. The lowest BCUT2D eigenvalue weighted by molar-refractivity contribution is 0.0691. The molecule has 1 aliphatic heterocycles. The molecule has 1 aromatic carbocycles. The van der Waals surface area contributed by atoms with Crippen molar-refractivity contribution in [3.05, 3.63) is 81.5 Å². The van der Waals surface area contributed by atoms with Gasteiger partial charge in [-0.2, -0.15) is 5.26 Å². The Morgan fingerprint density at radius 3 is 2.77 bits per heavy atom. The topological polar surface area (TPSA) is 106 Å². The van der Waals surface area contributed by atoms with E-state index in [-0.39, 0.29) is 11.3 Å². The van der Waals surface area contributed by atoms with E-state index in [9.17, 15) is 20.0 Å². The number of rotatable bonds is 5. The number of pyridine rings is 1. The molecule has 0 aliphatic carbocycles. The van der Waals surface area contributed by atoms with Crippen molar-refractivity contribution in [2.75, 3.05) is 11.9 Å². The summed E-state index contributed by atoms with van der Waals surface area (Å²) in [6.07, 6.45) is 2.09. The summed E-state index contributed by atoms with van der Waals surface area (Å²) >= 11 is 1.37. The van der Waals surface area contributed by atoms with Gasteiger partial charge in [0.05, 0.1) is 11.1 Å². The highest BCUT2D eigenvalue weighted by molar-refractivity contribution is 7.16. The highest BCUT2D eigenvalue weighted by atomic mass is 32.1. The van der Waals surface area contributed by atoms with Crippen LogP contribution >= 0.6 is 11.3 Å². The van der Waals surface area contributed by atoms with E-state index in [0.717, 1.165) is 30.0 Å². The maximum atomic E-state index is 12.7. The molecule has 0 atom stereocenters. The molecule has 1 aliphatic rings. The monoisotopic (exact) mass is 418 g/mol. The Balaban J connectivity index is 1.56. The van der Waals surface area contributed by atoms with Gasteiger partial charge >= 0.3 is 5.97 Å². The highest BCUT2D eigenvalue weighted by Crippen LogP contribution is 2.37. The third-order valence-corrected chi connectivity index (χ3v) is 6.11. The van der Waals surface area contributed by atoms with E-state index < -0.39 is 11.9 Å². The molecule has 30 heavy (non-hydrogen) atoms. The summed E-state index contributed by atoms with van der Waals surface area (Å²) in [6, 6.07) is 15.2. The summed E-state index contributed by atoms with van der Waals surface area (Å²) in [7, 11) is 0. The molecule has 0 fully saturated rings. The van der Waals surface area contributed by atoms with Crippen LogP contribution in [-0.4, -0.2) is 33.4 Å². The van der Waals surface area contributed by atoms with Crippen molar-refractivity contribution in [3.63, 3.8) is 0 Å². The number of anilines is 1. The van der Waals surface area contributed by atoms with Crippen molar-refractivity contribution in [3.8, 4) is 6.07 Å². The van der Waals surface area contributed by atoms with Crippen LogP contribution in [0.3, 0.4) is 0 Å². The van der Waals surface area contributed by atoms with E-state index in [1.165, 1.54) is 35.2 Å². The maximum absolute atomic E-state index is 12.7. The lowest BCUT2D eigenvalue weighted by Gasteiger charge is -2.26. The van der Waals surface area contributed by atoms with Gasteiger partial charge in [0.1, 0.15) is 16.8 Å². The van der Waals surface area contributed by atoms with Crippen molar-refractivity contribution in [1.29, 1.82) is 5.26 Å². The largest absolute Gasteiger partial charge is 0.478 e. The molecular weight excluding hydrogens is 400 g/mol. The summed E-state index contributed by atoms with van der Waals surface area (Å²) in [5.41, 5.74) is 2.29. The van der Waals surface area contributed by atoms with Crippen molar-refractivity contribution in [2.45, 2.75) is 19.5 Å². The number of carboxylic acids is 1. The number of fused-ring (bicyclic) bond motifs is 1. The molecule has 0 saturated carbocycles. The van der Waals surface area contributed by atoms with Gasteiger partial charge < -0.3 is 10.4 Å². The Kier molecular flexibility index (Phi) is 5.57. The second kappa shape index (κ2) is 8.45. The van der Waals surface area contributed by atoms with Gasteiger partial charge in [0.15, 0.2) is 0 Å². The Hall–Kier alpha value is -3.54. The minimum absolute atomic E-state index is 0.175. The van der Waals surface area contributed by atoms with Crippen LogP contribution in [-0.2, 0) is 19.5 Å². The van der Waals surface area contributed by atoms with Gasteiger partial charge in [-0.3, -0.25) is 14.7 Å². The third-order valence-electron chi connectivity index (χ3n) is 4.98. The Morgan fingerprint density at radius 2 is 2.03 bits per heavy atom. The average molecular weight is 418 g/mol. The van der Waals surface area contributed by atoms with Crippen molar-refractivity contribution < 1.29 is 14.7 Å². The van der Waals surface area contributed by atoms with Crippen molar-refractivity contribution >= 4 is 28.2 Å². The first-order valence-corrected chi connectivity index (χ1v) is 10.2. The van der Waals surface area contributed by atoms with E-state index >= 15 is 0 Å². The molecule has 2 aromatic heterocycles. The second-order valence-electron chi connectivity index (χ2n) is 6.92. The van der Waals surface area contributed by atoms with Gasteiger partial charge in [0, 0.05) is 30.7 Å². The molecule has 2 N–H and O–H groups in total. The van der Waals surface area contributed by atoms with Crippen LogP contribution in [0, 0.1) is 11.3 Å². The molecule has 7 nitrogen and oxygen atoms in total. The molecule has 1 amide bonds. The summed E-state index contributed by atoms with van der Waals surface area (Å²) < 4.78 is 0. The number of amides is 1. The molecular formula is C22H18N4O3S. The fourth-order valence-electron chi connectivity index (χ4n) is 3.56. The molecule has 8 heteroatoms. The molecule has 0 saturated heterocycles. The number of aromatic carboxylic acids is 1. The number of thiophene rings is 1. The van der Waals surface area contributed by atoms with Gasteiger partial charge in [-0.25, -0.2) is 4.79 Å². The zero-order valence-electron chi connectivity index (χ0n) is 16.0. The molecule has 3 heterocycles. The van der Waals surface area contributed by atoms with Crippen LogP contribution in [0.5, 0.6) is 0 Å². The Labute approximate surface area is 177 Å². The molecule has 0 unspecified atom stereocenters. The van der Waals surface area contributed by atoms with Crippen molar-refractivity contribution in [2.24, 2.45) is 0 Å². The first kappa shape index (κ1) is 19.8. The van der Waals surface area contributed by atoms with E-state index in [4.69, 9.17) is 0 Å². The molecule has 150 valence electrons. The van der Waals surface area contributed by atoms with E-state index in [1.807, 2.05) is 18.2 Å². The Bertz CT molecular complexity index is 1150. The van der Waals surface area contributed by atoms with Gasteiger partial charge in [-0.15, -0.1) is 11.3 Å². The molecule has 0 spiro atoms. The number of carbonyl (C=O) groups excluding carboxylic acids is 1. The highest BCUT2D eigenvalue weighted by Gasteiger charge is 2.26. The first-order valence-electron chi connectivity index (χ1n) is 9.37. The van der Waals surface area contributed by atoms with Gasteiger partial charge in [0.2, 0.25) is 0 Å². The minimum atomic E-state index is -1.23. The molecule has 3 aromatic rings.